The highest BCUT2D eigenvalue weighted by Gasteiger charge is 2.24. The van der Waals surface area contributed by atoms with E-state index >= 15 is 0 Å². The molecule has 6 N–H and O–H groups in total. The third-order valence-corrected chi connectivity index (χ3v) is 3.37. The Morgan fingerprint density at radius 1 is 1.00 bits per heavy atom. The number of esters is 1. The van der Waals surface area contributed by atoms with Gasteiger partial charge in [0.05, 0.1) is 19.1 Å². The third kappa shape index (κ3) is 8.24. The van der Waals surface area contributed by atoms with E-state index in [0.29, 0.717) is 25.9 Å². The number of nitrogens with two attached hydrogens (primary N) is 3. The lowest BCUT2D eigenvalue weighted by Crippen LogP contribution is -2.33. The Balaban J connectivity index is 4.25. The number of rotatable bonds is 12. The summed E-state index contributed by atoms with van der Waals surface area (Å²) in [5.41, 5.74) is 16.7. The van der Waals surface area contributed by atoms with Gasteiger partial charge in [0.2, 0.25) is 0 Å². The van der Waals surface area contributed by atoms with Crippen LogP contribution in [0.15, 0.2) is 0 Å². The molecule has 0 spiro atoms. The number of hydrogen-bond acceptors (Lipinski definition) is 6. The number of ether oxygens (including phenoxy) is 1. The molecule has 6 nitrogen and oxygen atoms in total. The smallest absolute Gasteiger partial charge is 0.309 e. The van der Waals surface area contributed by atoms with Crippen LogP contribution in [0.2, 0.25) is 0 Å². The van der Waals surface area contributed by atoms with Crippen molar-refractivity contribution < 1.29 is 14.3 Å². The lowest BCUT2D eigenvalue weighted by atomic mass is 9.92. The predicted molar refractivity (Wildman–Crippen MR) is 78.9 cm³/mol. The summed E-state index contributed by atoms with van der Waals surface area (Å²) in [4.78, 5) is 23.7. The van der Waals surface area contributed by atoms with Gasteiger partial charge in [-0.05, 0) is 38.8 Å². The van der Waals surface area contributed by atoms with Crippen LogP contribution in [0.3, 0.4) is 0 Å². The fourth-order valence-corrected chi connectivity index (χ4v) is 2.07. The Hall–Kier alpha value is -0.980. The van der Waals surface area contributed by atoms with E-state index in [2.05, 4.69) is 0 Å². The number of hydrogen-bond donors (Lipinski definition) is 3. The average Bonchev–Trinajstić information content (AvgIpc) is 2.45. The second kappa shape index (κ2) is 11.8. The summed E-state index contributed by atoms with van der Waals surface area (Å²) in [6.45, 7) is 1.19. The van der Waals surface area contributed by atoms with E-state index in [9.17, 15) is 9.59 Å². The number of carbonyl (C=O) groups excluding carboxylic acids is 2. The molecule has 0 aliphatic carbocycles. The van der Waals surface area contributed by atoms with Crippen LogP contribution in [-0.2, 0) is 14.3 Å². The van der Waals surface area contributed by atoms with Gasteiger partial charge in [-0.1, -0.05) is 12.8 Å². The topological polar surface area (TPSA) is 121 Å². The number of ketones is 1. The first kappa shape index (κ1) is 19.0. The number of Topliss-reactive ketones (excluding diaryl/α,β-unsaturated/α-hetero) is 1. The van der Waals surface area contributed by atoms with Crippen molar-refractivity contribution in [3.05, 3.63) is 0 Å². The molecule has 0 heterocycles. The van der Waals surface area contributed by atoms with Gasteiger partial charge >= 0.3 is 5.97 Å². The van der Waals surface area contributed by atoms with Crippen LogP contribution in [0.4, 0.5) is 0 Å². The normalized spacial score (nSPS) is 13.8. The van der Waals surface area contributed by atoms with Crippen molar-refractivity contribution >= 4 is 11.8 Å². The molecule has 2 unspecified atom stereocenters. The molecule has 2 atom stereocenters. The van der Waals surface area contributed by atoms with Crippen molar-refractivity contribution in [1.29, 1.82) is 0 Å². The Kier molecular flexibility index (Phi) is 11.2. The van der Waals surface area contributed by atoms with Crippen LogP contribution >= 0.6 is 0 Å². The molecule has 0 aliphatic rings. The highest BCUT2D eigenvalue weighted by molar-refractivity contribution is 5.88. The quantitative estimate of drug-likeness (QED) is 0.351. The van der Waals surface area contributed by atoms with Crippen molar-refractivity contribution in [3.8, 4) is 0 Å². The fourth-order valence-electron chi connectivity index (χ4n) is 2.07. The average molecular weight is 287 g/mol. The summed E-state index contributed by atoms with van der Waals surface area (Å²) in [7, 11) is 1.34. The van der Waals surface area contributed by atoms with Gasteiger partial charge < -0.3 is 21.9 Å². The summed E-state index contributed by atoms with van der Waals surface area (Å²) in [6, 6.07) is -0.511. The minimum Gasteiger partial charge on any atom is -0.469 e. The molecule has 0 aliphatic heterocycles. The SMILES string of the molecule is COC(=O)C(CCCCN)CC(=O)C(N)CCCCN. The van der Waals surface area contributed by atoms with Crippen molar-refractivity contribution in [3.63, 3.8) is 0 Å². The van der Waals surface area contributed by atoms with Gasteiger partial charge in [0, 0.05) is 6.42 Å². The molecule has 0 amide bonds. The van der Waals surface area contributed by atoms with E-state index in [-0.39, 0.29) is 18.2 Å². The van der Waals surface area contributed by atoms with Crippen LogP contribution in [-0.4, -0.2) is 38.0 Å². The lowest BCUT2D eigenvalue weighted by Gasteiger charge is -2.16. The van der Waals surface area contributed by atoms with E-state index in [4.69, 9.17) is 21.9 Å². The molecular weight excluding hydrogens is 258 g/mol. The monoisotopic (exact) mass is 287 g/mol. The summed E-state index contributed by atoms with van der Waals surface area (Å²) in [5, 5.41) is 0. The van der Waals surface area contributed by atoms with Crippen LogP contribution in [0.25, 0.3) is 0 Å². The van der Waals surface area contributed by atoms with Crippen molar-refractivity contribution in [2.75, 3.05) is 20.2 Å². The first-order valence-electron chi connectivity index (χ1n) is 7.33. The van der Waals surface area contributed by atoms with Gasteiger partial charge in [-0.2, -0.15) is 0 Å². The maximum Gasteiger partial charge on any atom is 0.309 e. The fraction of sp³-hybridized carbons (Fsp3) is 0.857. The maximum atomic E-state index is 12.0. The van der Waals surface area contributed by atoms with E-state index in [1.807, 2.05) is 0 Å². The van der Waals surface area contributed by atoms with E-state index in [0.717, 1.165) is 25.7 Å². The van der Waals surface area contributed by atoms with Crippen molar-refractivity contribution in [1.82, 2.24) is 0 Å². The molecule has 0 bridgehead atoms. The molecule has 20 heavy (non-hydrogen) atoms. The highest BCUT2D eigenvalue weighted by atomic mass is 16.5. The van der Waals surface area contributed by atoms with Crippen LogP contribution in [0.5, 0.6) is 0 Å². The first-order valence-corrected chi connectivity index (χ1v) is 7.33. The lowest BCUT2D eigenvalue weighted by molar-refractivity contribution is -0.147. The molecule has 0 rings (SSSR count). The Morgan fingerprint density at radius 2 is 1.55 bits per heavy atom. The summed E-state index contributed by atoms with van der Waals surface area (Å²) in [6.07, 6.45) is 4.73. The van der Waals surface area contributed by atoms with Gasteiger partial charge in [-0.15, -0.1) is 0 Å². The highest BCUT2D eigenvalue weighted by Crippen LogP contribution is 2.16. The summed E-state index contributed by atoms with van der Waals surface area (Å²) < 4.78 is 4.74. The molecular formula is C14H29N3O3. The third-order valence-electron chi connectivity index (χ3n) is 3.37. The molecule has 118 valence electrons. The Morgan fingerprint density at radius 3 is 2.05 bits per heavy atom. The second-order valence-corrected chi connectivity index (χ2v) is 5.07. The van der Waals surface area contributed by atoms with E-state index in [1.165, 1.54) is 7.11 Å². The van der Waals surface area contributed by atoms with Gasteiger partial charge in [0.15, 0.2) is 0 Å². The largest absolute Gasteiger partial charge is 0.469 e. The van der Waals surface area contributed by atoms with Gasteiger partial charge in [0.1, 0.15) is 5.78 Å². The molecule has 0 saturated heterocycles. The van der Waals surface area contributed by atoms with Gasteiger partial charge in [-0.3, -0.25) is 9.59 Å². The number of carbonyl (C=O) groups is 2. The zero-order valence-corrected chi connectivity index (χ0v) is 12.5. The first-order chi connectivity index (χ1) is 9.56. The minimum absolute atomic E-state index is 0.0785. The van der Waals surface area contributed by atoms with Gasteiger partial charge in [0.25, 0.3) is 0 Å². The number of methoxy groups -OCH3 is 1. The van der Waals surface area contributed by atoms with Crippen LogP contribution < -0.4 is 17.2 Å². The van der Waals surface area contributed by atoms with Crippen LogP contribution in [0.1, 0.15) is 44.9 Å². The summed E-state index contributed by atoms with van der Waals surface area (Å²) >= 11 is 0. The standard InChI is InChI=1S/C14H29N3O3/c1-20-14(19)11(6-2-4-8-15)10-13(18)12(17)7-3-5-9-16/h11-12H,2-10,15-17H2,1H3. The minimum atomic E-state index is -0.511. The molecule has 0 saturated carbocycles. The molecule has 0 aromatic rings. The number of unbranched alkanes of at least 4 members (excludes halogenated alkanes) is 2. The van der Waals surface area contributed by atoms with Crippen molar-refractivity contribution in [2.24, 2.45) is 23.1 Å². The molecule has 0 aromatic heterocycles. The molecule has 0 radical (unpaired) electrons. The molecule has 0 fully saturated rings. The Labute approximate surface area is 121 Å². The van der Waals surface area contributed by atoms with E-state index < -0.39 is 12.0 Å². The molecule has 0 aromatic carbocycles. The Bertz CT molecular complexity index is 285. The zero-order chi connectivity index (χ0) is 15.4. The maximum absolute atomic E-state index is 12.0. The van der Waals surface area contributed by atoms with Gasteiger partial charge in [-0.25, -0.2) is 0 Å². The summed E-state index contributed by atoms with van der Waals surface area (Å²) in [5.74, 6) is -0.825. The zero-order valence-electron chi connectivity index (χ0n) is 12.5. The van der Waals surface area contributed by atoms with Crippen LogP contribution in [0, 0.1) is 5.92 Å². The van der Waals surface area contributed by atoms with E-state index in [1.54, 1.807) is 0 Å². The second-order valence-electron chi connectivity index (χ2n) is 5.07. The predicted octanol–water partition coefficient (Wildman–Crippen LogP) is 0.320. The molecule has 6 heteroatoms. The van der Waals surface area contributed by atoms with Crippen molar-refractivity contribution in [2.45, 2.75) is 51.0 Å².